The fraction of sp³-hybridized carbons (Fsp3) is 0.118. The predicted molar refractivity (Wildman–Crippen MR) is 84.8 cm³/mol. The smallest absolute Gasteiger partial charge is 0.337 e. The van der Waals surface area contributed by atoms with Crippen LogP contribution in [-0.2, 0) is 11.3 Å². The van der Waals surface area contributed by atoms with E-state index in [1.807, 2.05) is 42.5 Å². The Morgan fingerprint density at radius 1 is 1.13 bits per heavy atom. The van der Waals surface area contributed by atoms with E-state index in [1.165, 1.54) is 7.11 Å². The van der Waals surface area contributed by atoms with Crippen molar-refractivity contribution in [2.45, 2.75) is 6.54 Å². The number of carbonyl (C=O) groups excluding carboxylic acids is 1. The van der Waals surface area contributed by atoms with Crippen LogP contribution in [0.2, 0.25) is 0 Å². The highest BCUT2D eigenvalue weighted by atomic mass is 16.5. The fourth-order valence-corrected chi connectivity index (χ4v) is 2.05. The van der Waals surface area contributed by atoms with Crippen molar-refractivity contribution in [1.29, 1.82) is 0 Å². The van der Waals surface area contributed by atoms with Gasteiger partial charge in [-0.25, -0.2) is 4.79 Å². The zero-order valence-electron chi connectivity index (χ0n) is 12.5. The summed E-state index contributed by atoms with van der Waals surface area (Å²) >= 11 is 0. The highest BCUT2D eigenvalue weighted by Crippen LogP contribution is 2.18. The van der Waals surface area contributed by atoms with Crippen LogP contribution in [-0.4, -0.2) is 23.2 Å². The molecule has 0 spiro atoms. The number of hydrogen-bond donors (Lipinski definition) is 1. The van der Waals surface area contributed by atoms with E-state index >= 15 is 0 Å². The molecular formula is C17H15N3O3. The molecule has 0 radical (unpaired) electrons. The summed E-state index contributed by atoms with van der Waals surface area (Å²) in [5.74, 6) is 0.533. The predicted octanol–water partition coefficient (Wildman–Crippen LogP) is 3.14. The van der Waals surface area contributed by atoms with E-state index in [1.54, 1.807) is 12.1 Å². The molecule has 6 heteroatoms. The van der Waals surface area contributed by atoms with Crippen molar-refractivity contribution in [3.8, 4) is 11.5 Å². The molecule has 3 aromatic rings. The van der Waals surface area contributed by atoms with Crippen LogP contribution in [0.4, 0.5) is 5.95 Å². The lowest BCUT2D eigenvalue weighted by Crippen LogP contribution is -2.03. The Morgan fingerprint density at radius 3 is 2.57 bits per heavy atom. The summed E-state index contributed by atoms with van der Waals surface area (Å²) in [7, 11) is 1.36. The number of carbonyl (C=O) groups is 1. The van der Waals surface area contributed by atoms with Gasteiger partial charge in [0.15, 0.2) is 0 Å². The molecule has 116 valence electrons. The van der Waals surface area contributed by atoms with Gasteiger partial charge in [-0.1, -0.05) is 30.3 Å². The lowest BCUT2D eigenvalue weighted by atomic mass is 10.1. The second-order valence-electron chi connectivity index (χ2n) is 4.83. The lowest BCUT2D eigenvalue weighted by Gasteiger charge is -2.03. The minimum absolute atomic E-state index is 0.352. The van der Waals surface area contributed by atoms with Crippen molar-refractivity contribution < 1.29 is 14.1 Å². The summed E-state index contributed by atoms with van der Waals surface area (Å²) in [5.41, 5.74) is 2.38. The standard InChI is InChI=1S/C17H15N3O3/c1-22-16(21)14-9-7-12(8-10-14)11-18-17-19-15(23-20-17)13-5-3-2-4-6-13/h2-10H,11H2,1H3,(H,18,20). The maximum atomic E-state index is 11.4. The summed E-state index contributed by atoms with van der Waals surface area (Å²) in [6.45, 7) is 0.523. The number of aromatic nitrogens is 2. The normalized spacial score (nSPS) is 10.3. The van der Waals surface area contributed by atoms with Crippen LogP contribution in [0.15, 0.2) is 59.1 Å². The van der Waals surface area contributed by atoms with Gasteiger partial charge in [0.2, 0.25) is 0 Å². The van der Waals surface area contributed by atoms with Crippen molar-refractivity contribution in [1.82, 2.24) is 10.1 Å². The van der Waals surface area contributed by atoms with E-state index in [4.69, 9.17) is 4.52 Å². The van der Waals surface area contributed by atoms with Crippen LogP contribution in [0, 0.1) is 0 Å². The molecule has 0 fully saturated rings. The van der Waals surface area contributed by atoms with Crippen LogP contribution in [0.1, 0.15) is 15.9 Å². The Bertz CT molecular complexity index is 782. The molecule has 3 rings (SSSR count). The summed E-state index contributed by atoms with van der Waals surface area (Å²) in [6.07, 6.45) is 0. The van der Waals surface area contributed by atoms with Crippen LogP contribution >= 0.6 is 0 Å². The Morgan fingerprint density at radius 2 is 1.87 bits per heavy atom. The highest BCUT2D eigenvalue weighted by Gasteiger charge is 2.08. The zero-order valence-corrected chi connectivity index (χ0v) is 12.5. The number of nitrogens with zero attached hydrogens (tertiary/aromatic N) is 2. The molecule has 0 bridgehead atoms. The first-order valence-corrected chi connectivity index (χ1v) is 7.06. The van der Waals surface area contributed by atoms with Crippen molar-refractivity contribution >= 4 is 11.9 Å². The Kier molecular flexibility index (Phi) is 4.33. The minimum Gasteiger partial charge on any atom is -0.465 e. The molecule has 6 nitrogen and oxygen atoms in total. The van der Waals surface area contributed by atoms with Gasteiger partial charge in [-0.15, -0.1) is 0 Å². The highest BCUT2D eigenvalue weighted by molar-refractivity contribution is 5.89. The van der Waals surface area contributed by atoms with E-state index in [0.717, 1.165) is 11.1 Å². The van der Waals surface area contributed by atoms with Gasteiger partial charge in [0.05, 0.1) is 12.7 Å². The molecule has 0 amide bonds. The minimum atomic E-state index is -0.352. The van der Waals surface area contributed by atoms with Gasteiger partial charge in [0.25, 0.3) is 11.8 Å². The second-order valence-corrected chi connectivity index (χ2v) is 4.83. The maximum Gasteiger partial charge on any atom is 0.337 e. The maximum absolute atomic E-state index is 11.4. The van der Waals surface area contributed by atoms with E-state index in [9.17, 15) is 4.79 Å². The lowest BCUT2D eigenvalue weighted by molar-refractivity contribution is 0.0600. The molecule has 1 N–H and O–H groups in total. The van der Waals surface area contributed by atoms with Gasteiger partial charge >= 0.3 is 5.97 Å². The summed E-state index contributed by atoms with van der Waals surface area (Å²) < 4.78 is 9.88. The van der Waals surface area contributed by atoms with Crippen LogP contribution in [0.5, 0.6) is 0 Å². The molecule has 0 saturated heterocycles. The first-order chi connectivity index (χ1) is 11.3. The Labute approximate surface area is 133 Å². The summed E-state index contributed by atoms with van der Waals surface area (Å²) in [4.78, 5) is 15.7. The quantitative estimate of drug-likeness (QED) is 0.730. The van der Waals surface area contributed by atoms with Gasteiger partial charge in [-0.2, -0.15) is 4.98 Å². The molecule has 0 aliphatic carbocycles. The van der Waals surface area contributed by atoms with Gasteiger partial charge < -0.3 is 14.6 Å². The number of benzene rings is 2. The van der Waals surface area contributed by atoms with E-state index in [-0.39, 0.29) is 5.97 Å². The molecule has 23 heavy (non-hydrogen) atoms. The number of esters is 1. The molecule has 2 aromatic carbocycles. The Hall–Kier alpha value is -3.15. The van der Waals surface area contributed by atoms with E-state index in [0.29, 0.717) is 23.9 Å². The van der Waals surface area contributed by atoms with E-state index < -0.39 is 0 Å². The van der Waals surface area contributed by atoms with Crippen LogP contribution < -0.4 is 5.32 Å². The molecule has 1 heterocycles. The fourth-order valence-electron chi connectivity index (χ4n) is 2.05. The number of nitrogens with one attached hydrogen (secondary N) is 1. The summed E-state index contributed by atoms with van der Waals surface area (Å²) in [5, 5.41) is 6.98. The number of rotatable bonds is 5. The molecule has 0 aliphatic heterocycles. The first-order valence-electron chi connectivity index (χ1n) is 7.06. The third-order valence-corrected chi connectivity index (χ3v) is 3.27. The van der Waals surface area contributed by atoms with Crippen LogP contribution in [0.25, 0.3) is 11.5 Å². The summed E-state index contributed by atoms with van der Waals surface area (Å²) in [6, 6.07) is 16.7. The van der Waals surface area contributed by atoms with Gasteiger partial charge in [-0.05, 0) is 35.0 Å². The molecule has 1 aromatic heterocycles. The SMILES string of the molecule is COC(=O)c1ccc(CNc2noc(-c3ccccc3)n2)cc1. The van der Waals surface area contributed by atoms with E-state index in [2.05, 4.69) is 20.2 Å². The molecule has 0 unspecified atom stereocenters. The monoisotopic (exact) mass is 309 g/mol. The second kappa shape index (κ2) is 6.74. The number of ether oxygens (including phenoxy) is 1. The molecule has 0 saturated carbocycles. The first kappa shape index (κ1) is 14.8. The van der Waals surface area contributed by atoms with Gasteiger partial charge in [0.1, 0.15) is 0 Å². The molecule has 0 aliphatic rings. The average molecular weight is 309 g/mol. The zero-order chi connectivity index (χ0) is 16.1. The van der Waals surface area contributed by atoms with Crippen molar-refractivity contribution in [3.63, 3.8) is 0 Å². The number of methoxy groups -OCH3 is 1. The topological polar surface area (TPSA) is 77.2 Å². The van der Waals surface area contributed by atoms with Crippen LogP contribution in [0.3, 0.4) is 0 Å². The third-order valence-electron chi connectivity index (χ3n) is 3.27. The Balaban J connectivity index is 1.63. The molecular weight excluding hydrogens is 294 g/mol. The third kappa shape index (κ3) is 3.55. The van der Waals surface area contributed by atoms with Gasteiger partial charge in [-0.3, -0.25) is 0 Å². The van der Waals surface area contributed by atoms with Crippen molar-refractivity contribution in [3.05, 3.63) is 65.7 Å². The van der Waals surface area contributed by atoms with Gasteiger partial charge in [0, 0.05) is 12.1 Å². The number of anilines is 1. The van der Waals surface area contributed by atoms with Crippen molar-refractivity contribution in [2.24, 2.45) is 0 Å². The molecule has 0 atom stereocenters. The number of hydrogen-bond acceptors (Lipinski definition) is 6. The largest absolute Gasteiger partial charge is 0.465 e. The van der Waals surface area contributed by atoms with Crippen molar-refractivity contribution in [2.75, 3.05) is 12.4 Å². The average Bonchev–Trinajstić information content (AvgIpc) is 3.09.